The summed E-state index contributed by atoms with van der Waals surface area (Å²) in [4.78, 5) is 10.4. The highest BCUT2D eigenvalue weighted by atomic mass is 16.4. The lowest BCUT2D eigenvalue weighted by Gasteiger charge is -2.28. The first-order chi connectivity index (χ1) is 5.46. The second-order valence-corrected chi connectivity index (χ2v) is 2.85. The van der Waals surface area contributed by atoms with Gasteiger partial charge in [0.25, 0.3) is 0 Å². The van der Waals surface area contributed by atoms with Crippen LogP contribution in [0.3, 0.4) is 0 Å². The van der Waals surface area contributed by atoms with Crippen LogP contribution in [0.1, 0.15) is 6.42 Å². The highest BCUT2D eigenvalue weighted by Crippen LogP contribution is 2.22. The van der Waals surface area contributed by atoms with Crippen LogP contribution in [0.5, 0.6) is 0 Å². The summed E-state index contributed by atoms with van der Waals surface area (Å²) in [5.74, 6) is -1.43. The number of hydrogen-bond donors (Lipinski definition) is 4. The quantitative estimate of drug-likeness (QED) is 0.362. The van der Waals surface area contributed by atoms with Gasteiger partial charge in [0.15, 0.2) is 5.60 Å². The Morgan fingerprint density at radius 1 is 1.50 bits per heavy atom. The molecule has 0 saturated heterocycles. The summed E-state index contributed by atoms with van der Waals surface area (Å²) in [5.41, 5.74) is -2.04. The molecule has 5 heteroatoms. The molecule has 0 aliphatic heterocycles. The summed E-state index contributed by atoms with van der Waals surface area (Å²) in [6, 6.07) is 0. The predicted molar refractivity (Wildman–Crippen MR) is 38.4 cm³/mol. The Labute approximate surface area is 68.6 Å². The zero-order chi connectivity index (χ0) is 9.35. The molecular weight excluding hydrogens is 164 g/mol. The minimum absolute atomic E-state index is 0.389. The lowest BCUT2D eigenvalue weighted by atomic mass is 9.88. The minimum Gasteiger partial charge on any atom is -0.479 e. The van der Waals surface area contributed by atoms with E-state index < -0.39 is 23.8 Å². The van der Waals surface area contributed by atoms with Crippen molar-refractivity contribution in [3.8, 4) is 0 Å². The molecule has 0 saturated carbocycles. The average Bonchev–Trinajstić information content (AvgIpc) is 1.97. The lowest BCUT2D eigenvalue weighted by Crippen LogP contribution is -2.46. The second-order valence-electron chi connectivity index (χ2n) is 2.85. The van der Waals surface area contributed by atoms with E-state index in [4.69, 9.17) is 15.3 Å². The topological polar surface area (TPSA) is 98.0 Å². The summed E-state index contributed by atoms with van der Waals surface area (Å²) >= 11 is 0. The third-order valence-corrected chi connectivity index (χ3v) is 1.85. The van der Waals surface area contributed by atoms with E-state index in [9.17, 15) is 9.90 Å². The molecule has 0 aromatic rings. The fourth-order valence-electron chi connectivity index (χ4n) is 1.05. The van der Waals surface area contributed by atoms with Gasteiger partial charge in [-0.15, -0.1) is 0 Å². The van der Waals surface area contributed by atoms with Gasteiger partial charge in [-0.2, -0.15) is 0 Å². The molecule has 1 rings (SSSR count). The van der Waals surface area contributed by atoms with Crippen molar-refractivity contribution in [2.45, 2.75) is 24.2 Å². The lowest BCUT2D eigenvalue weighted by molar-refractivity contribution is -0.158. The van der Waals surface area contributed by atoms with E-state index in [0.29, 0.717) is 0 Å². The minimum atomic E-state index is -2.04. The van der Waals surface area contributed by atoms with E-state index in [1.807, 2.05) is 0 Å². The van der Waals surface area contributed by atoms with E-state index in [1.54, 1.807) is 0 Å². The molecule has 0 amide bonds. The first kappa shape index (κ1) is 9.18. The number of aliphatic carboxylic acids is 1. The summed E-state index contributed by atoms with van der Waals surface area (Å²) in [7, 11) is 0. The average molecular weight is 174 g/mol. The van der Waals surface area contributed by atoms with Crippen molar-refractivity contribution < 1.29 is 25.2 Å². The second kappa shape index (κ2) is 2.85. The fraction of sp³-hybridized carbons (Fsp3) is 0.571. The molecule has 4 N–H and O–H groups in total. The van der Waals surface area contributed by atoms with Crippen molar-refractivity contribution in [2.24, 2.45) is 0 Å². The van der Waals surface area contributed by atoms with E-state index in [1.165, 1.54) is 0 Å². The Bertz CT molecular complexity index is 224. The van der Waals surface area contributed by atoms with Crippen molar-refractivity contribution in [2.75, 3.05) is 0 Å². The van der Waals surface area contributed by atoms with E-state index in [2.05, 4.69) is 0 Å². The maximum Gasteiger partial charge on any atom is 0.339 e. The Balaban J connectivity index is 2.85. The van der Waals surface area contributed by atoms with Crippen molar-refractivity contribution in [1.82, 2.24) is 0 Å². The molecule has 0 bridgehead atoms. The third kappa shape index (κ3) is 1.47. The predicted octanol–water partition coefficient (Wildman–Crippen LogP) is -1.52. The van der Waals surface area contributed by atoms with Crippen molar-refractivity contribution in [1.29, 1.82) is 0 Å². The smallest absolute Gasteiger partial charge is 0.339 e. The van der Waals surface area contributed by atoms with Crippen LogP contribution in [-0.4, -0.2) is 44.2 Å². The van der Waals surface area contributed by atoms with Gasteiger partial charge in [0.2, 0.25) is 0 Å². The molecule has 0 unspecified atom stereocenters. The molecule has 0 fully saturated rings. The summed E-state index contributed by atoms with van der Waals surface area (Å²) in [5, 5.41) is 35.8. The standard InChI is InChI=1S/C7H10O5/c8-4-1-2-7(12,6(10)11)3-5(4)9/h1-2,4-5,8-9,12H,3H2,(H,10,11)/t4-,5-,7+/m0/s1. The molecule has 0 heterocycles. The van der Waals surface area contributed by atoms with Gasteiger partial charge in [0, 0.05) is 6.42 Å². The van der Waals surface area contributed by atoms with Crippen LogP contribution < -0.4 is 0 Å². The van der Waals surface area contributed by atoms with E-state index >= 15 is 0 Å². The maximum absolute atomic E-state index is 10.4. The van der Waals surface area contributed by atoms with Crippen molar-refractivity contribution in [3.63, 3.8) is 0 Å². The largest absolute Gasteiger partial charge is 0.479 e. The molecule has 0 radical (unpaired) electrons. The van der Waals surface area contributed by atoms with Crippen LogP contribution in [-0.2, 0) is 4.79 Å². The number of aliphatic hydroxyl groups excluding tert-OH is 2. The highest BCUT2D eigenvalue weighted by Gasteiger charge is 2.40. The summed E-state index contributed by atoms with van der Waals surface area (Å²) < 4.78 is 0. The highest BCUT2D eigenvalue weighted by molar-refractivity contribution is 5.80. The van der Waals surface area contributed by atoms with Gasteiger partial charge >= 0.3 is 5.97 Å². The van der Waals surface area contributed by atoms with Gasteiger partial charge in [-0.1, -0.05) is 6.08 Å². The first-order valence-corrected chi connectivity index (χ1v) is 3.47. The van der Waals surface area contributed by atoms with Crippen LogP contribution in [0.4, 0.5) is 0 Å². The van der Waals surface area contributed by atoms with E-state index in [-0.39, 0.29) is 6.42 Å². The molecule has 5 nitrogen and oxygen atoms in total. The number of aliphatic hydroxyl groups is 3. The Hall–Kier alpha value is -0.910. The number of carboxylic acids is 1. The molecule has 0 aromatic heterocycles. The van der Waals surface area contributed by atoms with Crippen LogP contribution in [0.25, 0.3) is 0 Å². The Morgan fingerprint density at radius 3 is 2.50 bits per heavy atom. The van der Waals surface area contributed by atoms with E-state index in [0.717, 1.165) is 12.2 Å². The zero-order valence-electron chi connectivity index (χ0n) is 6.21. The third-order valence-electron chi connectivity index (χ3n) is 1.85. The fourth-order valence-corrected chi connectivity index (χ4v) is 1.05. The molecule has 1 aliphatic carbocycles. The van der Waals surface area contributed by atoms with Crippen molar-refractivity contribution >= 4 is 5.97 Å². The summed E-state index contributed by atoms with van der Waals surface area (Å²) in [6.45, 7) is 0. The number of carboxylic acid groups (broad SMARTS) is 1. The number of hydrogen-bond acceptors (Lipinski definition) is 4. The van der Waals surface area contributed by atoms with Crippen molar-refractivity contribution in [3.05, 3.63) is 12.2 Å². The molecule has 3 atom stereocenters. The van der Waals surface area contributed by atoms with Gasteiger partial charge in [0.1, 0.15) is 0 Å². The summed E-state index contributed by atoms with van der Waals surface area (Å²) in [6.07, 6.45) is -0.657. The monoisotopic (exact) mass is 174 g/mol. The van der Waals surface area contributed by atoms with Crippen LogP contribution in [0.2, 0.25) is 0 Å². The maximum atomic E-state index is 10.4. The Morgan fingerprint density at radius 2 is 2.08 bits per heavy atom. The van der Waals surface area contributed by atoms with Gasteiger partial charge in [-0.05, 0) is 6.08 Å². The van der Waals surface area contributed by atoms with Gasteiger partial charge < -0.3 is 20.4 Å². The number of carbonyl (C=O) groups is 1. The molecular formula is C7H10O5. The van der Waals surface area contributed by atoms with Crippen LogP contribution in [0.15, 0.2) is 12.2 Å². The molecule has 0 spiro atoms. The van der Waals surface area contributed by atoms with Gasteiger partial charge in [0.05, 0.1) is 12.2 Å². The van der Waals surface area contributed by atoms with Crippen LogP contribution in [0, 0.1) is 0 Å². The molecule has 0 aromatic carbocycles. The first-order valence-electron chi connectivity index (χ1n) is 3.47. The molecule has 68 valence electrons. The molecule has 1 aliphatic rings. The zero-order valence-corrected chi connectivity index (χ0v) is 6.21. The number of rotatable bonds is 1. The molecule has 12 heavy (non-hydrogen) atoms. The van der Waals surface area contributed by atoms with Gasteiger partial charge in [-0.25, -0.2) is 4.79 Å². The SMILES string of the molecule is O=C(O)[C@@]1(O)C=C[C@H](O)[C@@H](O)C1. The van der Waals surface area contributed by atoms with Gasteiger partial charge in [-0.3, -0.25) is 0 Å². The van der Waals surface area contributed by atoms with Crippen LogP contribution >= 0.6 is 0 Å². The Kier molecular flexibility index (Phi) is 2.18. The normalized spacial score (nSPS) is 41.2.